The lowest BCUT2D eigenvalue weighted by atomic mass is 10.1. The minimum Gasteiger partial charge on any atom is -0.480 e. The molecule has 1 heterocycles. The maximum atomic E-state index is 13.6. The molecule has 1 aromatic carbocycles. The zero-order valence-corrected chi connectivity index (χ0v) is 14.9. The number of nitrogens with one attached hydrogen (secondary N) is 1. The number of unbranched alkanes of at least 4 members (excludes halogenated alkanes) is 1. The molecule has 0 aliphatic carbocycles. The number of amides is 1. The lowest BCUT2D eigenvalue weighted by Crippen LogP contribution is -2.41. The van der Waals surface area contributed by atoms with E-state index in [2.05, 4.69) is 10.4 Å². The number of benzene rings is 1. The van der Waals surface area contributed by atoms with Crippen molar-refractivity contribution in [2.45, 2.75) is 45.3 Å². The first-order valence-corrected chi connectivity index (χ1v) is 8.41. The molecule has 27 heavy (non-hydrogen) atoms. The summed E-state index contributed by atoms with van der Waals surface area (Å²) in [6, 6.07) is 4.91. The van der Waals surface area contributed by atoms with E-state index in [-0.39, 0.29) is 12.1 Å². The second-order valence-corrected chi connectivity index (χ2v) is 6.16. The summed E-state index contributed by atoms with van der Waals surface area (Å²) in [6.07, 6.45) is -2.71. The molecule has 0 saturated heterocycles. The third-order valence-electron chi connectivity index (χ3n) is 4.01. The van der Waals surface area contributed by atoms with Crippen LogP contribution in [0.3, 0.4) is 0 Å². The molecule has 1 atom stereocenters. The summed E-state index contributed by atoms with van der Waals surface area (Å²) in [5, 5.41) is 15.0. The first kappa shape index (κ1) is 20.5. The molecular weight excluding hydrogens is 363 g/mol. The quantitative estimate of drug-likeness (QED) is 0.766. The van der Waals surface area contributed by atoms with Gasteiger partial charge in [0.15, 0.2) is 5.69 Å². The number of carboxylic acids is 1. The number of carbonyl (C=O) groups excluding carboxylic acids is 1. The van der Waals surface area contributed by atoms with Crippen molar-refractivity contribution in [1.82, 2.24) is 15.1 Å². The van der Waals surface area contributed by atoms with Crippen LogP contribution in [0.25, 0.3) is 5.69 Å². The van der Waals surface area contributed by atoms with Crippen molar-refractivity contribution < 1.29 is 27.9 Å². The Balaban J connectivity index is 2.40. The van der Waals surface area contributed by atoms with E-state index >= 15 is 0 Å². The van der Waals surface area contributed by atoms with Crippen LogP contribution >= 0.6 is 0 Å². The lowest BCUT2D eigenvalue weighted by Gasteiger charge is -2.16. The number of aryl methyl sites for hydroxylation is 1. The third-order valence-corrected chi connectivity index (χ3v) is 4.01. The molecule has 2 N–H and O–H groups in total. The minimum absolute atomic E-state index is 0.130. The Kier molecular flexibility index (Phi) is 6.24. The van der Waals surface area contributed by atoms with Gasteiger partial charge in [-0.05, 0) is 25.5 Å². The van der Waals surface area contributed by atoms with Crippen molar-refractivity contribution >= 4 is 11.9 Å². The normalized spacial score (nSPS) is 12.6. The summed E-state index contributed by atoms with van der Waals surface area (Å²) in [5.74, 6) is -2.42. The van der Waals surface area contributed by atoms with Crippen molar-refractivity contribution in [3.8, 4) is 5.69 Å². The second-order valence-electron chi connectivity index (χ2n) is 6.16. The number of hydrogen-bond acceptors (Lipinski definition) is 3. The SMILES string of the molecule is CCCC[C@H](NC(=O)c1cnn(-c2ccc(C)cc2)c1C(F)(F)F)C(=O)O. The summed E-state index contributed by atoms with van der Waals surface area (Å²) in [7, 11) is 0. The van der Waals surface area contributed by atoms with E-state index in [4.69, 9.17) is 0 Å². The van der Waals surface area contributed by atoms with Crippen LogP contribution in [0.2, 0.25) is 0 Å². The molecule has 1 amide bonds. The maximum absolute atomic E-state index is 13.6. The van der Waals surface area contributed by atoms with Gasteiger partial charge in [0.2, 0.25) is 0 Å². The number of nitrogens with zero attached hydrogens (tertiary/aromatic N) is 2. The summed E-state index contributed by atoms with van der Waals surface area (Å²) >= 11 is 0. The van der Waals surface area contributed by atoms with Gasteiger partial charge in [-0.2, -0.15) is 18.3 Å². The summed E-state index contributed by atoms with van der Waals surface area (Å²) in [4.78, 5) is 23.6. The summed E-state index contributed by atoms with van der Waals surface area (Å²) < 4.78 is 41.5. The fourth-order valence-corrected chi connectivity index (χ4v) is 2.57. The predicted molar refractivity (Wildman–Crippen MR) is 91.7 cm³/mol. The van der Waals surface area contributed by atoms with Crippen molar-refractivity contribution in [2.24, 2.45) is 0 Å². The van der Waals surface area contributed by atoms with Crippen molar-refractivity contribution in [3.05, 3.63) is 47.3 Å². The highest BCUT2D eigenvalue weighted by molar-refractivity contribution is 5.97. The molecule has 6 nitrogen and oxygen atoms in total. The zero-order valence-electron chi connectivity index (χ0n) is 14.9. The van der Waals surface area contributed by atoms with E-state index in [9.17, 15) is 27.9 Å². The van der Waals surface area contributed by atoms with Crippen LogP contribution in [0.5, 0.6) is 0 Å². The molecule has 0 saturated carbocycles. The number of alkyl halides is 3. The fraction of sp³-hybridized carbons (Fsp3) is 0.389. The van der Waals surface area contributed by atoms with Crippen LogP contribution in [0, 0.1) is 6.92 Å². The van der Waals surface area contributed by atoms with Gasteiger partial charge in [0.25, 0.3) is 5.91 Å². The highest BCUT2D eigenvalue weighted by Crippen LogP contribution is 2.33. The van der Waals surface area contributed by atoms with Crippen LogP contribution < -0.4 is 5.32 Å². The van der Waals surface area contributed by atoms with E-state index in [1.807, 2.05) is 6.92 Å². The van der Waals surface area contributed by atoms with Crippen LogP contribution in [-0.4, -0.2) is 32.8 Å². The number of rotatable bonds is 7. The van der Waals surface area contributed by atoms with Gasteiger partial charge in [0.1, 0.15) is 6.04 Å². The average Bonchev–Trinajstić information content (AvgIpc) is 3.04. The molecule has 9 heteroatoms. The molecule has 0 radical (unpaired) electrons. The number of aliphatic carboxylic acids is 1. The van der Waals surface area contributed by atoms with Gasteiger partial charge in [0, 0.05) is 0 Å². The predicted octanol–water partition coefficient (Wildman–Crippen LogP) is 3.57. The molecule has 0 aliphatic rings. The zero-order chi connectivity index (χ0) is 20.2. The van der Waals surface area contributed by atoms with Gasteiger partial charge in [-0.15, -0.1) is 0 Å². The van der Waals surface area contributed by atoms with Crippen LogP contribution in [0.1, 0.15) is 47.8 Å². The van der Waals surface area contributed by atoms with Gasteiger partial charge in [-0.3, -0.25) is 4.79 Å². The van der Waals surface area contributed by atoms with Crippen molar-refractivity contribution in [2.75, 3.05) is 0 Å². The molecule has 2 rings (SSSR count). The largest absolute Gasteiger partial charge is 0.480 e. The van der Waals surface area contributed by atoms with Gasteiger partial charge >= 0.3 is 12.1 Å². The number of carbonyl (C=O) groups is 2. The van der Waals surface area contributed by atoms with E-state index in [0.717, 1.165) is 11.8 Å². The van der Waals surface area contributed by atoms with E-state index < -0.39 is 35.4 Å². The fourth-order valence-electron chi connectivity index (χ4n) is 2.57. The average molecular weight is 383 g/mol. The molecular formula is C18H20F3N3O3. The number of hydrogen-bond donors (Lipinski definition) is 2. The first-order valence-electron chi connectivity index (χ1n) is 8.41. The Bertz CT molecular complexity index is 813. The Morgan fingerprint density at radius 3 is 2.41 bits per heavy atom. The Labute approximate surface area is 154 Å². The van der Waals surface area contributed by atoms with Gasteiger partial charge in [-0.25, -0.2) is 9.48 Å². The van der Waals surface area contributed by atoms with Crippen LogP contribution in [0.4, 0.5) is 13.2 Å². The maximum Gasteiger partial charge on any atom is 0.434 e. The van der Waals surface area contributed by atoms with E-state index in [1.54, 1.807) is 19.1 Å². The lowest BCUT2D eigenvalue weighted by molar-refractivity contribution is -0.143. The minimum atomic E-state index is -4.85. The van der Waals surface area contributed by atoms with Gasteiger partial charge < -0.3 is 10.4 Å². The molecule has 146 valence electrons. The highest BCUT2D eigenvalue weighted by Gasteiger charge is 2.41. The molecule has 0 aliphatic heterocycles. The van der Waals surface area contributed by atoms with Crippen LogP contribution in [0.15, 0.2) is 30.5 Å². The van der Waals surface area contributed by atoms with Gasteiger partial charge in [0.05, 0.1) is 17.4 Å². The Morgan fingerprint density at radius 2 is 1.89 bits per heavy atom. The number of aromatic nitrogens is 2. The van der Waals surface area contributed by atoms with Crippen molar-refractivity contribution in [1.29, 1.82) is 0 Å². The number of carboxylic acid groups (broad SMARTS) is 1. The standard InChI is InChI=1S/C18H20F3N3O3/c1-3-4-5-14(17(26)27)23-16(25)13-10-22-24(15(13)18(19,20)21)12-8-6-11(2)7-9-12/h6-10,14H,3-5H2,1-2H3,(H,23,25)(H,26,27)/t14-/m0/s1. The van der Waals surface area contributed by atoms with Gasteiger partial charge in [-0.1, -0.05) is 37.5 Å². The second kappa shape index (κ2) is 8.24. The summed E-state index contributed by atoms with van der Waals surface area (Å²) in [5.41, 5.74) is -0.959. The van der Waals surface area contributed by atoms with E-state index in [0.29, 0.717) is 17.5 Å². The van der Waals surface area contributed by atoms with Crippen LogP contribution in [-0.2, 0) is 11.0 Å². The van der Waals surface area contributed by atoms with E-state index in [1.165, 1.54) is 12.1 Å². The monoisotopic (exact) mass is 383 g/mol. The molecule has 0 spiro atoms. The molecule has 2 aromatic rings. The smallest absolute Gasteiger partial charge is 0.434 e. The highest BCUT2D eigenvalue weighted by atomic mass is 19.4. The van der Waals surface area contributed by atoms with Crippen molar-refractivity contribution in [3.63, 3.8) is 0 Å². The molecule has 0 bridgehead atoms. The molecule has 0 unspecified atom stereocenters. The third kappa shape index (κ3) is 4.87. The first-order chi connectivity index (χ1) is 12.6. The Morgan fingerprint density at radius 1 is 1.26 bits per heavy atom. The molecule has 1 aromatic heterocycles. The Hall–Kier alpha value is -2.84. The summed E-state index contributed by atoms with van der Waals surface area (Å²) in [6.45, 7) is 3.63. The topological polar surface area (TPSA) is 84.2 Å². The number of halogens is 3. The molecule has 0 fully saturated rings.